The van der Waals surface area contributed by atoms with Crippen LogP contribution in [0.4, 0.5) is 0 Å². The monoisotopic (exact) mass is 166 g/mol. The predicted molar refractivity (Wildman–Crippen MR) is 48.2 cm³/mol. The van der Waals surface area contributed by atoms with Crippen LogP contribution < -0.4 is 10.1 Å². The fourth-order valence-corrected chi connectivity index (χ4v) is 1.00. The van der Waals surface area contributed by atoms with E-state index in [4.69, 9.17) is 4.74 Å². The van der Waals surface area contributed by atoms with Crippen LogP contribution in [-0.4, -0.2) is 18.6 Å². The zero-order chi connectivity index (χ0) is 8.81. The first-order chi connectivity index (χ1) is 5.88. The molecule has 66 valence electrons. The molecule has 0 radical (unpaired) electrons. The van der Waals surface area contributed by atoms with Crippen molar-refractivity contribution >= 4 is 0 Å². The second-order valence-electron chi connectivity index (χ2n) is 2.45. The summed E-state index contributed by atoms with van der Waals surface area (Å²) in [5.41, 5.74) is 1.10. The van der Waals surface area contributed by atoms with Crippen molar-refractivity contribution in [1.82, 2.24) is 10.3 Å². The lowest BCUT2D eigenvalue weighted by molar-refractivity contribution is 0.391. The Morgan fingerprint density at radius 1 is 1.58 bits per heavy atom. The average Bonchev–Trinajstić information content (AvgIpc) is 2.15. The Kier molecular flexibility index (Phi) is 3.54. The van der Waals surface area contributed by atoms with Crippen molar-refractivity contribution < 1.29 is 4.74 Å². The highest BCUT2D eigenvalue weighted by Gasteiger charge is 2.00. The predicted octanol–water partition coefficient (Wildman–Crippen LogP) is 1.20. The molecule has 0 aliphatic heterocycles. The summed E-state index contributed by atoms with van der Waals surface area (Å²) in [4.78, 5) is 4.09. The molecule has 0 saturated carbocycles. The van der Waals surface area contributed by atoms with E-state index in [-0.39, 0.29) is 0 Å². The summed E-state index contributed by atoms with van der Waals surface area (Å²) in [6, 6.07) is 3.92. The highest BCUT2D eigenvalue weighted by atomic mass is 16.5. The van der Waals surface area contributed by atoms with Gasteiger partial charge in [0.2, 0.25) is 5.88 Å². The van der Waals surface area contributed by atoms with E-state index in [0.717, 1.165) is 18.7 Å². The van der Waals surface area contributed by atoms with Crippen LogP contribution in [0.5, 0.6) is 5.88 Å². The third-order valence-corrected chi connectivity index (χ3v) is 1.61. The van der Waals surface area contributed by atoms with E-state index in [1.54, 1.807) is 13.3 Å². The van der Waals surface area contributed by atoms with E-state index in [1.807, 2.05) is 12.1 Å². The summed E-state index contributed by atoms with van der Waals surface area (Å²) in [5, 5.41) is 3.22. The standard InChI is InChI=1S/C9H14N2O/c1-3-10-7-8-5-4-6-11-9(8)12-2/h4-6,10H,3,7H2,1-2H3. The topological polar surface area (TPSA) is 34.2 Å². The SMILES string of the molecule is CCNCc1cccnc1OC. The first kappa shape index (κ1) is 9.00. The molecule has 1 aromatic heterocycles. The molecule has 0 aliphatic carbocycles. The van der Waals surface area contributed by atoms with E-state index in [1.165, 1.54) is 0 Å². The van der Waals surface area contributed by atoms with Gasteiger partial charge >= 0.3 is 0 Å². The molecule has 0 amide bonds. The van der Waals surface area contributed by atoms with Crippen molar-refractivity contribution in [2.75, 3.05) is 13.7 Å². The third-order valence-electron chi connectivity index (χ3n) is 1.61. The second kappa shape index (κ2) is 4.72. The summed E-state index contributed by atoms with van der Waals surface area (Å²) in [5.74, 6) is 0.707. The molecule has 0 aromatic carbocycles. The van der Waals surface area contributed by atoms with Crippen molar-refractivity contribution in [1.29, 1.82) is 0 Å². The maximum atomic E-state index is 5.09. The van der Waals surface area contributed by atoms with Gasteiger partial charge in [0.05, 0.1) is 7.11 Å². The van der Waals surface area contributed by atoms with Crippen LogP contribution in [0.3, 0.4) is 0 Å². The maximum Gasteiger partial charge on any atom is 0.217 e. The number of hydrogen-bond acceptors (Lipinski definition) is 3. The summed E-state index contributed by atoms with van der Waals surface area (Å²) < 4.78 is 5.09. The van der Waals surface area contributed by atoms with Gasteiger partial charge in [0.1, 0.15) is 0 Å². The zero-order valence-corrected chi connectivity index (χ0v) is 7.50. The van der Waals surface area contributed by atoms with Gasteiger partial charge in [0.15, 0.2) is 0 Å². The van der Waals surface area contributed by atoms with Crippen molar-refractivity contribution in [3.8, 4) is 5.88 Å². The highest BCUT2D eigenvalue weighted by molar-refractivity contribution is 5.24. The summed E-state index contributed by atoms with van der Waals surface area (Å²) >= 11 is 0. The lowest BCUT2D eigenvalue weighted by Crippen LogP contribution is -2.12. The first-order valence-corrected chi connectivity index (χ1v) is 4.07. The lowest BCUT2D eigenvalue weighted by Gasteiger charge is -2.06. The van der Waals surface area contributed by atoms with E-state index >= 15 is 0 Å². The Morgan fingerprint density at radius 3 is 3.08 bits per heavy atom. The summed E-state index contributed by atoms with van der Waals surface area (Å²) in [7, 11) is 1.64. The molecule has 1 rings (SSSR count). The minimum absolute atomic E-state index is 0.707. The third kappa shape index (κ3) is 2.20. The molecule has 0 saturated heterocycles. The first-order valence-electron chi connectivity index (χ1n) is 4.07. The van der Waals surface area contributed by atoms with Crippen LogP contribution >= 0.6 is 0 Å². The van der Waals surface area contributed by atoms with Crippen LogP contribution in [0, 0.1) is 0 Å². The van der Waals surface area contributed by atoms with Gasteiger partial charge < -0.3 is 10.1 Å². The number of aromatic nitrogens is 1. The van der Waals surface area contributed by atoms with Gasteiger partial charge in [0, 0.05) is 18.3 Å². The van der Waals surface area contributed by atoms with Gasteiger partial charge in [-0.25, -0.2) is 4.98 Å². The molecule has 0 fully saturated rings. The van der Waals surface area contributed by atoms with Gasteiger partial charge in [0.25, 0.3) is 0 Å². The van der Waals surface area contributed by atoms with E-state index in [0.29, 0.717) is 5.88 Å². The van der Waals surface area contributed by atoms with Crippen LogP contribution in [0.1, 0.15) is 12.5 Å². The fourth-order valence-electron chi connectivity index (χ4n) is 1.00. The molecule has 0 aliphatic rings. The number of hydrogen-bond donors (Lipinski definition) is 1. The molecular weight excluding hydrogens is 152 g/mol. The number of nitrogens with zero attached hydrogens (tertiary/aromatic N) is 1. The maximum absolute atomic E-state index is 5.09. The number of nitrogens with one attached hydrogen (secondary N) is 1. The second-order valence-corrected chi connectivity index (χ2v) is 2.45. The number of pyridine rings is 1. The van der Waals surface area contributed by atoms with Gasteiger partial charge in [-0.3, -0.25) is 0 Å². The van der Waals surface area contributed by atoms with Crippen LogP contribution in [0.15, 0.2) is 18.3 Å². The Bertz CT molecular complexity index is 238. The normalized spacial score (nSPS) is 9.83. The van der Waals surface area contributed by atoms with E-state index < -0.39 is 0 Å². The Hall–Kier alpha value is -1.09. The molecule has 0 unspecified atom stereocenters. The minimum Gasteiger partial charge on any atom is -0.481 e. The van der Waals surface area contributed by atoms with Crippen molar-refractivity contribution in [3.05, 3.63) is 23.9 Å². The summed E-state index contributed by atoms with van der Waals surface area (Å²) in [6.45, 7) is 3.84. The average molecular weight is 166 g/mol. The molecule has 1 N–H and O–H groups in total. The molecular formula is C9H14N2O. The van der Waals surface area contributed by atoms with Gasteiger partial charge in [-0.05, 0) is 12.6 Å². The molecule has 0 bridgehead atoms. The molecule has 3 nitrogen and oxygen atoms in total. The van der Waals surface area contributed by atoms with Crippen LogP contribution in [0.25, 0.3) is 0 Å². The fraction of sp³-hybridized carbons (Fsp3) is 0.444. The van der Waals surface area contributed by atoms with E-state index in [9.17, 15) is 0 Å². The van der Waals surface area contributed by atoms with E-state index in [2.05, 4.69) is 17.2 Å². The summed E-state index contributed by atoms with van der Waals surface area (Å²) in [6.07, 6.45) is 1.73. The Morgan fingerprint density at radius 2 is 2.42 bits per heavy atom. The van der Waals surface area contributed by atoms with Crippen LogP contribution in [-0.2, 0) is 6.54 Å². The molecule has 3 heteroatoms. The number of rotatable bonds is 4. The van der Waals surface area contributed by atoms with Gasteiger partial charge in [-0.2, -0.15) is 0 Å². The quantitative estimate of drug-likeness (QED) is 0.729. The van der Waals surface area contributed by atoms with Crippen molar-refractivity contribution in [2.45, 2.75) is 13.5 Å². The van der Waals surface area contributed by atoms with Gasteiger partial charge in [-0.15, -0.1) is 0 Å². The molecule has 0 atom stereocenters. The highest BCUT2D eigenvalue weighted by Crippen LogP contribution is 2.12. The number of ether oxygens (including phenoxy) is 1. The zero-order valence-electron chi connectivity index (χ0n) is 7.50. The smallest absolute Gasteiger partial charge is 0.217 e. The molecule has 0 spiro atoms. The minimum atomic E-state index is 0.707. The number of methoxy groups -OCH3 is 1. The Balaban J connectivity index is 2.68. The van der Waals surface area contributed by atoms with Crippen molar-refractivity contribution in [3.63, 3.8) is 0 Å². The van der Waals surface area contributed by atoms with Crippen molar-refractivity contribution in [2.24, 2.45) is 0 Å². The lowest BCUT2D eigenvalue weighted by atomic mass is 10.2. The largest absolute Gasteiger partial charge is 0.481 e. The van der Waals surface area contributed by atoms with Crippen LogP contribution in [0.2, 0.25) is 0 Å². The molecule has 1 heterocycles. The molecule has 1 aromatic rings. The molecule has 12 heavy (non-hydrogen) atoms. The van der Waals surface area contributed by atoms with Gasteiger partial charge in [-0.1, -0.05) is 13.0 Å². The Labute approximate surface area is 72.8 Å².